The fourth-order valence-electron chi connectivity index (χ4n) is 2.05. The molecular weight excluding hydrogens is 306 g/mol. The van der Waals surface area contributed by atoms with Crippen LogP contribution in [0.4, 0.5) is 5.82 Å². The number of ether oxygens (including phenoxy) is 1. The number of halogens is 1. The van der Waals surface area contributed by atoms with Gasteiger partial charge in [-0.1, -0.05) is 17.7 Å². The number of nitrogens with zero attached hydrogens (tertiary/aromatic N) is 2. The number of anilines is 1. The van der Waals surface area contributed by atoms with Crippen molar-refractivity contribution in [2.45, 2.75) is 13.1 Å². The first-order chi connectivity index (χ1) is 10.2. The molecule has 0 aliphatic heterocycles. The highest BCUT2D eigenvalue weighted by Gasteiger charge is 2.10. The van der Waals surface area contributed by atoms with E-state index in [1.807, 2.05) is 18.3 Å². The highest BCUT2D eigenvalue weighted by atomic mass is 35.5. The normalized spacial score (nSPS) is 10.8. The van der Waals surface area contributed by atoms with Gasteiger partial charge in [-0.3, -0.25) is 0 Å². The molecule has 2 heterocycles. The van der Waals surface area contributed by atoms with Gasteiger partial charge in [0.05, 0.1) is 17.5 Å². The van der Waals surface area contributed by atoms with Crippen LogP contribution in [0.5, 0.6) is 0 Å². The van der Waals surface area contributed by atoms with Crippen LogP contribution in [0, 0.1) is 0 Å². The van der Waals surface area contributed by atoms with Gasteiger partial charge in [-0.25, -0.2) is 4.98 Å². The average Bonchev–Trinajstić information content (AvgIpc) is 2.89. The fourth-order valence-corrected chi connectivity index (χ4v) is 3.20. The van der Waals surface area contributed by atoms with Crippen LogP contribution in [-0.2, 0) is 17.8 Å². The highest BCUT2D eigenvalue weighted by molar-refractivity contribution is 7.16. The van der Waals surface area contributed by atoms with Crippen molar-refractivity contribution in [3.63, 3.8) is 0 Å². The number of hydrogen-bond donors (Lipinski definition) is 1. The molecule has 0 aromatic carbocycles. The van der Waals surface area contributed by atoms with E-state index in [9.17, 15) is 0 Å². The highest BCUT2D eigenvalue weighted by Crippen LogP contribution is 2.24. The Hall–Kier alpha value is -1.14. The zero-order valence-corrected chi connectivity index (χ0v) is 13.9. The first-order valence-corrected chi connectivity index (χ1v) is 7.99. The number of methoxy groups -OCH3 is 1. The predicted molar refractivity (Wildman–Crippen MR) is 89.3 cm³/mol. The van der Waals surface area contributed by atoms with E-state index in [1.165, 1.54) is 10.4 Å². The summed E-state index contributed by atoms with van der Waals surface area (Å²) in [5.74, 6) is 0.993. The SMILES string of the molecule is COCCNCc1cccnc1N(C)Cc1ccc(Cl)s1. The zero-order chi connectivity index (χ0) is 15.1. The lowest BCUT2D eigenvalue weighted by Crippen LogP contribution is -2.23. The molecule has 0 amide bonds. The Morgan fingerprint density at radius 2 is 2.24 bits per heavy atom. The van der Waals surface area contributed by atoms with Gasteiger partial charge in [-0.2, -0.15) is 0 Å². The van der Waals surface area contributed by atoms with Gasteiger partial charge in [0.1, 0.15) is 5.82 Å². The molecule has 0 fully saturated rings. The summed E-state index contributed by atoms with van der Waals surface area (Å²) in [6.45, 7) is 3.12. The van der Waals surface area contributed by atoms with Gasteiger partial charge in [-0.05, 0) is 18.2 Å². The van der Waals surface area contributed by atoms with Gasteiger partial charge in [0.15, 0.2) is 0 Å². The minimum Gasteiger partial charge on any atom is -0.383 e. The van der Waals surface area contributed by atoms with Crippen LogP contribution in [0.1, 0.15) is 10.4 Å². The van der Waals surface area contributed by atoms with Gasteiger partial charge in [0, 0.05) is 43.9 Å². The average molecular weight is 326 g/mol. The van der Waals surface area contributed by atoms with E-state index in [0.29, 0.717) is 6.61 Å². The molecule has 2 aromatic heterocycles. The fraction of sp³-hybridized carbons (Fsp3) is 0.400. The molecule has 6 heteroatoms. The lowest BCUT2D eigenvalue weighted by atomic mass is 10.2. The molecule has 1 N–H and O–H groups in total. The molecule has 0 bridgehead atoms. The Morgan fingerprint density at radius 1 is 1.38 bits per heavy atom. The Labute approximate surface area is 134 Å². The molecule has 2 aromatic rings. The number of rotatable bonds is 8. The van der Waals surface area contributed by atoms with Crippen molar-refractivity contribution in [2.75, 3.05) is 32.2 Å². The minimum atomic E-state index is 0.707. The Morgan fingerprint density at radius 3 is 2.95 bits per heavy atom. The lowest BCUT2D eigenvalue weighted by molar-refractivity contribution is 0.199. The quantitative estimate of drug-likeness (QED) is 0.756. The van der Waals surface area contributed by atoms with Crippen LogP contribution >= 0.6 is 22.9 Å². The van der Waals surface area contributed by atoms with E-state index < -0.39 is 0 Å². The predicted octanol–water partition coefficient (Wildman–Crippen LogP) is 3.17. The smallest absolute Gasteiger partial charge is 0.133 e. The molecule has 0 atom stereocenters. The number of nitrogens with one attached hydrogen (secondary N) is 1. The second-order valence-corrected chi connectivity index (χ2v) is 6.52. The maximum atomic E-state index is 5.98. The van der Waals surface area contributed by atoms with Crippen LogP contribution in [0.3, 0.4) is 0 Å². The van der Waals surface area contributed by atoms with Crippen LogP contribution in [0.15, 0.2) is 30.5 Å². The standard InChI is InChI=1S/C15H20ClN3OS/c1-19(11-13-5-6-14(16)21-13)15-12(4-3-7-18-15)10-17-8-9-20-2/h3-7,17H,8-11H2,1-2H3. The summed E-state index contributed by atoms with van der Waals surface area (Å²) >= 11 is 7.59. The van der Waals surface area contributed by atoms with E-state index in [2.05, 4.69) is 34.4 Å². The Bertz CT molecular complexity index is 561. The maximum absolute atomic E-state index is 5.98. The number of pyridine rings is 1. The molecule has 0 unspecified atom stereocenters. The van der Waals surface area contributed by atoms with Crippen molar-refractivity contribution in [2.24, 2.45) is 0 Å². The van der Waals surface area contributed by atoms with Crippen LogP contribution in [-0.4, -0.2) is 32.3 Å². The molecule has 2 rings (SSSR count). The van der Waals surface area contributed by atoms with Crippen molar-refractivity contribution < 1.29 is 4.74 Å². The molecule has 0 aliphatic carbocycles. The van der Waals surface area contributed by atoms with Crippen molar-refractivity contribution in [3.8, 4) is 0 Å². The van der Waals surface area contributed by atoms with Gasteiger partial charge >= 0.3 is 0 Å². The summed E-state index contributed by atoms with van der Waals surface area (Å²) in [4.78, 5) is 7.88. The topological polar surface area (TPSA) is 37.4 Å². The maximum Gasteiger partial charge on any atom is 0.133 e. The molecule has 21 heavy (non-hydrogen) atoms. The van der Waals surface area contributed by atoms with E-state index in [0.717, 1.165) is 29.8 Å². The molecular formula is C15H20ClN3OS. The molecule has 0 saturated carbocycles. The largest absolute Gasteiger partial charge is 0.383 e. The second kappa shape index (κ2) is 8.34. The van der Waals surface area contributed by atoms with Gasteiger partial charge in [0.25, 0.3) is 0 Å². The molecule has 0 saturated heterocycles. The van der Waals surface area contributed by atoms with E-state index in [4.69, 9.17) is 16.3 Å². The third-order valence-corrected chi connectivity index (χ3v) is 4.27. The molecule has 4 nitrogen and oxygen atoms in total. The van der Waals surface area contributed by atoms with Gasteiger partial charge < -0.3 is 15.0 Å². The Balaban J connectivity index is 2.00. The molecule has 0 radical (unpaired) electrons. The van der Waals surface area contributed by atoms with E-state index in [1.54, 1.807) is 18.4 Å². The van der Waals surface area contributed by atoms with Gasteiger partial charge in [0.2, 0.25) is 0 Å². The van der Waals surface area contributed by atoms with Gasteiger partial charge in [-0.15, -0.1) is 11.3 Å². The number of thiophene rings is 1. The minimum absolute atomic E-state index is 0.707. The summed E-state index contributed by atoms with van der Waals surface area (Å²) < 4.78 is 5.86. The van der Waals surface area contributed by atoms with Crippen molar-refractivity contribution in [3.05, 3.63) is 45.2 Å². The lowest BCUT2D eigenvalue weighted by Gasteiger charge is -2.20. The van der Waals surface area contributed by atoms with Crippen LogP contribution in [0.2, 0.25) is 4.34 Å². The van der Waals surface area contributed by atoms with Crippen LogP contribution in [0.25, 0.3) is 0 Å². The number of aromatic nitrogens is 1. The summed E-state index contributed by atoms with van der Waals surface area (Å²) in [6, 6.07) is 8.05. The summed E-state index contributed by atoms with van der Waals surface area (Å²) in [5, 5.41) is 3.36. The molecule has 0 aliphatic rings. The zero-order valence-electron chi connectivity index (χ0n) is 12.3. The summed E-state index contributed by atoms with van der Waals surface area (Å²) in [7, 11) is 3.76. The number of hydrogen-bond acceptors (Lipinski definition) is 5. The Kier molecular flexibility index (Phi) is 6.45. The van der Waals surface area contributed by atoms with E-state index in [-0.39, 0.29) is 0 Å². The third kappa shape index (κ3) is 4.97. The van der Waals surface area contributed by atoms with Crippen molar-refractivity contribution in [1.29, 1.82) is 0 Å². The second-order valence-electron chi connectivity index (χ2n) is 4.72. The molecule has 0 spiro atoms. The van der Waals surface area contributed by atoms with Crippen LogP contribution < -0.4 is 10.2 Å². The first-order valence-electron chi connectivity index (χ1n) is 6.79. The first kappa shape index (κ1) is 16.2. The summed E-state index contributed by atoms with van der Waals surface area (Å²) in [6.07, 6.45) is 1.83. The monoisotopic (exact) mass is 325 g/mol. The summed E-state index contributed by atoms with van der Waals surface area (Å²) in [5.41, 5.74) is 1.18. The van der Waals surface area contributed by atoms with Crippen molar-refractivity contribution >= 4 is 28.8 Å². The van der Waals surface area contributed by atoms with Crippen molar-refractivity contribution in [1.82, 2.24) is 10.3 Å². The van der Waals surface area contributed by atoms with E-state index >= 15 is 0 Å². The third-order valence-electron chi connectivity index (χ3n) is 3.05. The molecule has 114 valence electrons.